The number of hydrogen-bond donors (Lipinski definition) is 4. The van der Waals surface area contributed by atoms with E-state index in [0.717, 1.165) is 0 Å². The molecule has 0 unspecified atom stereocenters. The van der Waals surface area contributed by atoms with Gasteiger partial charge in [0.05, 0.1) is 12.6 Å². The van der Waals surface area contributed by atoms with Crippen LogP contribution in [0.3, 0.4) is 0 Å². The lowest BCUT2D eigenvalue weighted by Gasteiger charge is -2.42. The number of likely N-dealkylation sites (N-methyl/N-ethyl adjacent to an activating group) is 1. The highest BCUT2D eigenvalue weighted by atomic mass is 16.6. The van der Waals surface area contributed by atoms with Crippen molar-refractivity contribution < 1.29 is 25.2 Å². The maximum absolute atomic E-state index is 9.64. The average molecular weight is 207 g/mol. The molecule has 4 N–H and O–H groups in total. The molecule has 0 aromatic rings. The van der Waals surface area contributed by atoms with Gasteiger partial charge in [-0.3, -0.25) is 4.90 Å². The fraction of sp³-hybridized carbons (Fsp3) is 1.00. The van der Waals surface area contributed by atoms with Crippen molar-refractivity contribution in [2.45, 2.75) is 30.6 Å². The van der Waals surface area contributed by atoms with E-state index in [-0.39, 0.29) is 0 Å². The van der Waals surface area contributed by atoms with Crippen LogP contribution in [0, 0.1) is 0 Å². The summed E-state index contributed by atoms with van der Waals surface area (Å²) in [7, 11) is 3.32. The highest BCUT2D eigenvalue weighted by molar-refractivity contribution is 4.92. The minimum absolute atomic E-state index is 0.435. The van der Waals surface area contributed by atoms with Crippen molar-refractivity contribution in [2.24, 2.45) is 0 Å². The second kappa shape index (κ2) is 4.52. The molecule has 1 heterocycles. The Balaban J connectivity index is 2.74. The third-order valence-corrected chi connectivity index (χ3v) is 2.46. The van der Waals surface area contributed by atoms with Gasteiger partial charge in [0.1, 0.15) is 18.3 Å². The van der Waals surface area contributed by atoms with Gasteiger partial charge >= 0.3 is 0 Å². The first-order valence-corrected chi connectivity index (χ1v) is 4.46. The predicted molar refractivity (Wildman–Crippen MR) is 47.5 cm³/mol. The summed E-state index contributed by atoms with van der Waals surface area (Å²) in [6.45, 7) is -0.435. The molecule has 6 nitrogen and oxygen atoms in total. The SMILES string of the molecule is CN(C)[C@H]1[C@@H](O)[C@H](O)[C@@H](CO)O[C@H]1O. The van der Waals surface area contributed by atoms with E-state index in [9.17, 15) is 15.3 Å². The summed E-state index contributed by atoms with van der Waals surface area (Å²) in [5, 5.41) is 37.4. The normalized spacial score (nSPS) is 44.4. The topological polar surface area (TPSA) is 93.4 Å². The minimum Gasteiger partial charge on any atom is -0.394 e. The summed E-state index contributed by atoms with van der Waals surface area (Å²) in [5.41, 5.74) is 0. The molecule has 1 aliphatic rings. The molecule has 0 amide bonds. The molecule has 1 aliphatic heterocycles. The second-order valence-electron chi connectivity index (χ2n) is 3.68. The summed E-state index contributed by atoms with van der Waals surface area (Å²) in [6.07, 6.45) is -4.46. The van der Waals surface area contributed by atoms with E-state index < -0.39 is 37.3 Å². The van der Waals surface area contributed by atoms with Gasteiger partial charge in [-0.25, -0.2) is 0 Å². The van der Waals surface area contributed by atoms with Crippen molar-refractivity contribution in [3.05, 3.63) is 0 Å². The Morgan fingerprint density at radius 2 is 1.71 bits per heavy atom. The molecule has 0 saturated carbocycles. The van der Waals surface area contributed by atoms with Crippen molar-refractivity contribution in [1.29, 1.82) is 0 Å². The first-order valence-electron chi connectivity index (χ1n) is 4.46. The molecule has 0 spiro atoms. The highest BCUT2D eigenvalue weighted by Crippen LogP contribution is 2.22. The molecule has 0 aliphatic carbocycles. The van der Waals surface area contributed by atoms with E-state index in [1.165, 1.54) is 0 Å². The zero-order valence-electron chi connectivity index (χ0n) is 8.24. The molecule has 84 valence electrons. The van der Waals surface area contributed by atoms with E-state index in [2.05, 4.69) is 0 Å². The molecule has 0 bridgehead atoms. The quantitative estimate of drug-likeness (QED) is 0.395. The van der Waals surface area contributed by atoms with Crippen molar-refractivity contribution in [2.75, 3.05) is 20.7 Å². The summed E-state index contributed by atoms with van der Waals surface area (Å²) in [4.78, 5) is 1.56. The zero-order valence-corrected chi connectivity index (χ0v) is 8.24. The Morgan fingerprint density at radius 1 is 1.14 bits per heavy atom. The lowest BCUT2D eigenvalue weighted by molar-refractivity contribution is -0.268. The molecule has 1 fully saturated rings. The highest BCUT2D eigenvalue weighted by Gasteiger charge is 2.44. The molecule has 1 rings (SSSR count). The molecule has 0 aromatic carbocycles. The summed E-state index contributed by atoms with van der Waals surface area (Å²) in [5.74, 6) is 0. The molecule has 0 radical (unpaired) electrons. The number of ether oxygens (including phenoxy) is 1. The molecular formula is C8H17NO5. The van der Waals surface area contributed by atoms with Crippen LogP contribution in [0.5, 0.6) is 0 Å². The van der Waals surface area contributed by atoms with Gasteiger partial charge in [-0.05, 0) is 14.1 Å². The number of hydrogen-bond acceptors (Lipinski definition) is 6. The van der Waals surface area contributed by atoms with Crippen LogP contribution >= 0.6 is 0 Å². The van der Waals surface area contributed by atoms with Gasteiger partial charge in [0.25, 0.3) is 0 Å². The van der Waals surface area contributed by atoms with Crippen molar-refractivity contribution in [3.63, 3.8) is 0 Å². The Morgan fingerprint density at radius 3 is 2.14 bits per heavy atom. The fourth-order valence-corrected chi connectivity index (χ4v) is 1.64. The van der Waals surface area contributed by atoms with Crippen LogP contribution in [0.1, 0.15) is 0 Å². The third-order valence-electron chi connectivity index (χ3n) is 2.46. The predicted octanol–water partition coefficient (Wildman–Crippen LogP) is -2.65. The van der Waals surface area contributed by atoms with E-state index >= 15 is 0 Å². The number of aliphatic hydroxyl groups excluding tert-OH is 4. The van der Waals surface area contributed by atoms with Crippen LogP contribution in [-0.4, -0.2) is 76.7 Å². The van der Waals surface area contributed by atoms with Crippen molar-refractivity contribution >= 4 is 0 Å². The lowest BCUT2D eigenvalue weighted by Crippen LogP contribution is -2.62. The monoisotopic (exact) mass is 207 g/mol. The average Bonchev–Trinajstić information content (AvgIpc) is 2.10. The Bertz CT molecular complexity index is 189. The molecule has 1 saturated heterocycles. The van der Waals surface area contributed by atoms with Crippen LogP contribution in [0.2, 0.25) is 0 Å². The van der Waals surface area contributed by atoms with Crippen molar-refractivity contribution in [1.82, 2.24) is 4.90 Å². The molecule has 5 atom stereocenters. The maximum atomic E-state index is 9.64. The Kier molecular flexibility index (Phi) is 3.82. The Hall–Kier alpha value is -0.240. The smallest absolute Gasteiger partial charge is 0.173 e. The van der Waals surface area contributed by atoms with E-state index in [1.807, 2.05) is 0 Å². The first-order chi connectivity index (χ1) is 6.49. The number of aliphatic hydroxyl groups is 4. The van der Waals surface area contributed by atoms with Crippen LogP contribution in [0.25, 0.3) is 0 Å². The largest absolute Gasteiger partial charge is 0.394 e. The maximum Gasteiger partial charge on any atom is 0.173 e. The van der Waals surface area contributed by atoms with Crippen LogP contribution < -0.4 is 0 Å². The van der Waals surface area contributed by atoms with Crippen LogP contribution in [0.4, 0.5) is 0 Å². The van der Waals surface area contributed by atoms with Gasteiger partial charge in [0.15, 0.2) is 6.29 Å². The second-order valence-corrected chi connectivity index (χ2v) is 3.68. The Labute approximate surface area is 82.3 Å². The molecule has 0 aromatic heterocycles. The first kappa shape index (κ1) is 11.8. The van der Waals surface area contributed by atoms with Gasteiger partial charge < -0.3 is 25.2 Å². The van der Waals surface area contributed by atoms with Gasteiger partial charge in [0.2, 0.25) is 0 Å². The zero-order chi connectivity index (χ0) is 10.9. The van der Waals surface area contributed by atoms with Gasteiger partial charge in [-0.2, -0.15) is 0 Å². The third kappa shape index (κ3) is 2.05. The summed E-state index contributed by atoms with van der Waals surface area (Å²) in [6, 6.07) is -0.687. The number of rotatable bonds is 2. The van der Waals surface area contributed by atoms with Crippen LogP contribution in [-0.2, 0) is 4.74 Å². The molecule has 6 heteroatoms. The summed E-state index contributed by atoms with van der Waals surface area (Å²) < 4.78 is 4.95. The number of nitrogens with zero attached hydrogens (tertiary/aromatic N) is 1. The summed E-state index contributed by atoms with van der Waals surface area (Å²) >= 11 is 0. The standard InChI is InChI=1S/C8H17NO5/c1-9(2)5-7(12)6(11)4(3-10)14-8(5)13/h4-8,10-13H,3H2,1-2H3/t4-,5+,6-,7-,8-/m1/s1. The van der Waals surface area contributed by atoms with Gasteiger partial charge in [-0.15, -0.1) is 0 Å². The van der Waals surface area contributed by atoms with E-state index in [1.54, 1.807) is 19.0 Å². The van der Waals surface area contributed by atoms with Gasteiger partial charge in [-0.1, -0.05) is 0 Å². The molecular weight excluding hydrogens is 190 g/mol. The van der Waals surface area contributed by atoms with E-state index in [4.69, 9.17) is 9.84 Å². The van der Waals surface area contributed by atoms with Crippen molar-refractivity contribution in [3.8, 4) is 0 Å². The molecule has 14 heavy (non-hydrogen) atoms. The lowest BCUT2D eigenvalue weighted by atomic mass is 9.96. The van der Waals surface area contributed by atoms with Crippen LogP contribution in [0.15, 0.2) is 0 Å². The van der Waals surface area contributed by atoms with E-state index in [0.29, 0.717) is 0 Å². The van der Waals surface area contributed by atoms with Gasteiger partial charge in [0, 0.05) is 0 Å². The minimum atomic E-state index is -1.21. The fourth-order valence-electron chi connectivity index (χ4n) is 1.64.